The van der Waals surface area contributed by atoms with Crippen molar-refractivity contribution in [3.63, 3.8) is 0 Å². The monoisotopic (exact) mass is 427 g/mol. The van der Waals surface area contributed by atoms with E-state index in [-0.39, 0.29) is 24.2 Å². The fourth-order valence-corrected chi connectivity index (χ4v) is 5.23. The van der Waals surface area contributed by atoms with Crippen LogP contribution in [0.2, 0.25) is 0 Å². The molecule has 1 aliphatic rings. The van der Waals surface area contributed by atoms with E-state index >= 15 is 0 Å². The number of nitrogens with zero attached hydrogens (tertiary/aromatic N) is 2. The van der Waals surface area contributed by atoms with E-state index in [1.54, 1.807) is 0 Å². The van der Waals surface area contributed by atoms with Gasteiger partial charge in [-0.1, -0.05) is 36.4 Å². The Balaban J connectivity index is 1.51. The summed E-state index contributed by atoms with van der Waals surface area (Å²) in [6, 6.07) is 17.9. The number of aryl methyl sites for hydroxylation is 1. The third-order valence-electron chi connectivity index (χ3n) is 5.69. The summed E-state index contributed by atoms with van der Waals surface area (Å²) in [6.45, 7) is 1.93. The van der Waals surface area contributed by atoms with E-state index in [1.807, 2.05) is 36.0 Å². The zero-order valence-corrected chi connectivity index (χ0v) is 17.8. The lowest BCUT2D eigenvalue weighted by molar-refractivity contribution is 0.174. The fourth-order valence-electron chi connectivity index (χ4n) is 4.08. The Kier molecular flexibility index (Phi) is 6.04. The van der Waals surface area contributed by atoms with E-state index in [4.69, 9.17) is 0 Å². The Bertz CT molecular complexity index is 1110. The van der Waals surface area contributed by atoms with Gasteiger partial charge < -0.3 is 4.57 Å². The van der Waals surface area contributed by atoms with Crippen molar-refractivity contribution >= 4 is 10.0 Å². The molecule has 1 aromatic heterocycles. The fraction of sp³-hybridized carbons (Fsp3) is 0.304. The average Bonchev–Trinajstić information content (AvgIpc) is 3.15. The molecule has 0 radical (unpaired) electrons. The van der Waals surface area contributed by atoms with Crippen LogP contribution in [-0.4, -0.2) is 31.0 Å². The summed E-state index contributed by atoms with van der Waals surface area (Å²) in [7, 11) is -1.57. The topological polar surface area (TPSA) is 54.3 Å². The molecule has 158 valence electrons. The van der Waals surface area contributed by atoms with E-state index in [2.05, 4.69) is 27.8 Å². The predicted octanol–water partition coefficient (Wildman–Crippen LogP) is 3.38. The minimum absolute atomic E-state index is 0.0821. The summed E-state index contributed by atoms with van der Waals surface area (Å²) in [4.78, 5) is 2.33. The van der Waals surface area contributed by atoms with Gasteiger partial charge in [0.2, 0.25) is 10.0 Å². The first-order valence-electron chi connectivity index (χ1n) is 10.0. The van der Waals surface area contributed by atoms with Crippen LogP contribution in [0.5, 0.6) is 0 Å². The van der Waals surface area contributed by atoms with Crippen molar-refractivity contribution in [2.24, 2.45) is 7.05 Å². The van der Waals surface area contributed by atoms with Gasteiger partial charge in [-0.3, -0.25) is 4.90 Å². The maximum Gasteiger partial charge on any atom is 0.215 e. The molecule has 0 amide bonds. The molecule has 0 bridgehead atoms. The first-order chi connectivity index (χ1) is 14.4. The molecule has 3 aromatic rings. The highest BCUT2D eigenvalue weighted by Crippen LogP contribution is 2.28. The van der Waals surface area contributed by atoms with E-state index in [9.17, 15) is 12.8 Å². The number of sulfonamides is 1. The smallest absolute Gasteiger partial charge is 0.215 e. The van der Waals surface area contributed by atoms with Crippen molar-refractivity contribution in [2.75, 3.05) is 13.1 Å². The van der Waals surface area contributed by atoms with E-state index in [0.717, 1.165) is 25.2 Å². The highest BCUT2D eigenvalue weighted by Gasteiger charge is 2.27. The Hall–Kier alpha value is -2.48. The molecular formula is C23H26FN3O2S. The molecule has 0 aliphatic carbocycles. The van der Waals surface area contributed by atoms with Crippen molar-refractivity contribution in [1.82, 2.24) is 14.2 Å². The zero-order valence-electron chi connectivity index (χ0n) is 17.0. The summed E-state index contributed by atoms with van der Waals surface area (Å²) >= 11 is 0. The lowest BCUT2D eigenvalue weighted by Gasteiger charge is -2.36. The zero-order chi connectivity index (χ0) is 21.1. The molecule has 1 N–H and O–H groups in total. The molecule has 1 atom stereocenters. The number of aromatic nitrogens is 1. The number of rotatable bonds is 7. The number of fused-ring (bicyclic) bond motifs is 1. The van der Waals surface area contributed by atoms with Gasteiger partial charge in [0.25, 0.3) is 0 Å². The molecule has 1 aliphatic heterocycles. The second kappa shape index (κ2) is 8.71. The molecular weight excluding hydrogens is 401 g/mol. The van der Waals surface area contributed by atoms with Gasteiger partial charge in [0.05, 0.1) is 11.8 Å². The molecule has 0 saturated heterocycles. The third-order valence-corrected chi connectivity index (χ3v) is 7.01. The maximum atomic E-state index is 13.1. The van der Waals surface area contributed by atoms with Crippen molar-refractivity contribution in [3.8, 4) is 0 Å². The molecule has 0 saturated carbocycles. The number of nitrogens with one attached hydrogen (secondary N) is 1. The Morgan fingerprint density at radius 3 is 2.47 bits per heavy atom. The van der Waals surface area contributed by atoms with Crippen LogP contribution in [-0.2, 0) is 35.8 Å². The first-order valence-corrected chi connectivity index (χ1v) is 11.7. The average molecular weight is 428 g/mol. The molecule has 0 spiro atoms. The van der Waals surface area contributed by atoms with Crippen LogP contribution < -0.4 is 4.72 Å². The standard InChI is InChI=1S/C23H26FN3O2S/c1-26-13-4-7-22(26)23(27-14-12-19-5-2-3-6-20(19)16-27)15-25-30(28,29)17-18-8-10-21(24)11-9-18/h2-11,13,23,25H,12,14-17H2,1H3. The normalized spacial score (nSPS) is 15.7. The highest BCUT2D eigenvalue weighted by atomic mass is 32.2. The predicted molar refractivity (Wildman–Crippen MR) is 116 cm³/mol. The summed E-state index contributed by atoms with van der Waals surface area (Å²) in [5.74, 6) is -0.547. The van der Waals surface area contributed by atoms with E-state index in [1.165, 1.54) is 35.4 Å². The van der Waals surface area contributed by atoms with Gasteiger partial charge in [0, 0.05) is 38.6 Å². The molecule has 7 heteroatoms. The molecule has 2 heterocycles. The molecule has 4 rings (SSSR count). The molecule has 1 unspecified atom stereocenters. The largest absolute Gasteiger partial charge is 0.353 e. The number of hydrogen-bond donors (Lipinski definition) is 1. The Morgan fingerprint density at radius 1 is 1.03 bits per heavy atom. The van der Waals surface area contributed by atoms with Gasteiger partial charge in [0.1, 0.15) is 5.82 Å². The van der Waals surface area contributed by atoms with Crippen LogP contribution in [0.1, 0.15) is 28.4 Å². The number of halogens is 1. The Morgan fingerprint density at radius 2 is 1.77 bits per heavy atom. The van der Waals surface area contributed by atoms with Crippen molar-refractivity contribution in [3.05, 3.63) is 95.1 Å². The summed E-state index contributed by atoms with van der Waals surface area (Å²) in [5, 5.41) is 0. The van der Waals surface area contributed by atoms with E-state index in [0.29, 0.717) is 5.56 Å². The minimum Gasteiger partial charge on any atom is -0.353 e. The van der Waals surface area contributed by atoms with Crippen LogP contribution in [0, 0.1) is 5.82 Å². The van der Waals surface area contributed by atoms with Gasteiger partial charge in [0.15, 0.2) is 0 Å². The van der Waals surface area contributed by atoms with Crippen LogP contribution >= 0.6 is 0 Å². The second-order valence-corrected chi connectivity index (χ2v) is 9.59. The molecule has 0 fully saturated rings. The van der Waals surface area contributed by atoms with Gasteiger partial charge in [-0.15, -0.1) is 0 Å². The van der Waals surface area contributed by atoms with Crippen molar-refractivity contribution in [1.29, 1.82) is 0 Å². The lowest BCUT2D eigenvalue weighted by atomic mass is 9.98. The molecule has 5 nitrogen and oxygen atoms in total. The minimum atomic E-state index is -3.55. The number of benzene rings is 2. The van der Waals surface area contributed by atoms with Gasteiger partial charge in [-0.05, 0) is 47.4 Å². The van der Waals surface area contributed by atoms with Gasteiger partial charge >= 0.3 is 0 Å². The van der Waals surface area contributed by atoms with Crippen LogP contribution in [0.3, 0.4) is 0 Å². The summed E-state index contributed by atoms with van der Waals surface area (Å²) in [6.07, 6.45) is 2.92. The number of hydrogen-bond acceptors (Lipinski definition) is 3. The summed E-state index contributed by atoms with van der Waals surface area (Å²) < 4.78 is 43.3. The maximum absolute atomic E-state index is 13.1. The van der Waals surface area contributed by atoms with Crippen LogP contribution in [0.25, 0.3) is 0 Å². The molecule has 2 aromatic carbocycles. The SMILES string of the molecule is Cn1cccc1C(CNS(=O)(=O)Cc1ccc(F)cc1)N1CCc2ccccc2C1. The first kappa shape index (κ1) is 20.8. The summed E-state index contributed by atoms with van der Waals surface area (Å²) in [5.41, 5.74) is 4.28. The van der Waals surface area contributed by atoms with Crippen LogP contribution in [0.15, 0.2) is 66.9 Å². The van der Waals surface area contributed by atoms with Gasteiger partial charge in [-0.25, -0.2) is 17.5 Å². The Labute approximate surface area is 177 Å². The van der Waals surface area contributed by atoms with Crippen LogP contribution in [0.4, 0.5) is 4.39 Å². The second-order valence-electron chi connectivity index (χ2n) is 7.78. The quantitative estimate of drug-likeness (QED) is 0.629. The van der Waals surface area contributed by atoms with Gasteiger partial charge in [-0.2, -0.15) is 0 Å². The third kappa shape index (κ3) is 4.80. The highest BCUT2D eigenvalue weighted by molar-refractivity contribution is 7.88. The lowest BCUT2D eigenvalue weighted by Crippen LogP contribution is -2.41. The van der Waals surface area contributed by atoms with Crippen molar-refractivity contribution in [2.45, 2.75) is 24.8 Å². The molecule has 30 heavy (non-hydrogen) atoms. The van der Waals surface area contributed by atoms with Crippen molar-refractivity contribution < 1.29 is 12.8 Å². The van der Waals surface area contributed by atoms with E-state index < -0.39 is 10.0 Å².